The van der Waals surface area contributed by atoms with Gasteiger partial charge in [-0.05, 0) is 49.6 Å². The third kappa shape index (κ3) is 4.48. The molecule has 0 spiro atoms. The Hall–Kier alpha value is -1.70. The molecule has 30 heavy (non-hydrogen) atoms. The Kier molecular flexibility index (Phi) is 7.37. The van der Waals surface area contributed by atoms with E-state index in [0.29, 0.717) is 15.7 Å². The molecule has 1 aliphatic carbocycles. The summed E-state index contributed by atoms with van der Waals surface area (Å²) in [7, 11) is 0. The van der Waals surface area contributed by atoms with Gasteiger partial charge in [0.05, 0.1) is 11.4 Å². The summed E-state index contributed by atoms with van der Waals surface area (Å²) in [5, 5.41) is 11.1. The number of carboxylic acid groups (broad SMARTS) is 1. The molecule has 2 aromatic carbocycles. The van der Waals surface area contributed by atoms with Crippen molar-refractivity contribution in [1.29, 1.82) is 0 Å². The van der Waals surface area contributed by atoms with Crippen molar-refractivity contribution in [2.75, 3.05) is 0 Å². The van der Waals surface area contributed by atoms with Crippen molar-refractivity contribution in [3.63, 3.8) is 0 Å². The molecule has 0 amide bonds. The first-order valence-electron chi connectivity index (χ1n) is 9.84. The minimum Gasteiger partial charge on any atom is -0.476 e. The van der Waals surface area contributed by atoms with Crippen LogP contribution in [0.3, 0.4) is 0 Å². The zero-order valence-electron chi connectivity index (χ0n) is 17.2. The monoisotopic (exact) mass is 435 g/mol. The summed E-state index contributed by atoms with van der Waals surface area (Å²) in [6.45, 7) is 2.00. The smallest absolute Gasteiger partial charge is 0.356 e. The molecule has 1 aromatic heterocycles. The second kappa shape index (κ2) is 9.62. The number of hydrogen-bond acceptors (Lipinski definition) is 2. The molecule has 1 saturated carbocycles. The van der Waals surface area contributed by atoms with Crippen LogP contribution < -0.4 is 0 Å². The predicted molar refractivity (Wildman–Crippen MR) is 122 cm³/mol. The fourth-order valence-corrected chi connectivity index (χ4v) is 4.55. The summed E-state index contributed by atoms with van der Waals surface area (Å²) in [6.07, 6.45) is 5.47. The third-order valence-electron chi connectivity index (χ3n) is 5.59. The van der Waals surface area contributed by atoms with E-state index in [-0.39, 0.29) is 30.5 Å². The van der Waals surface area contributed by atoms with Crippen LogP contribution in [0.1, 0.15) is 59.9 Å². The number of halogens is 2. The van der Waals surface area contributed by atoms with Gasteiger partial charge in [0.1, 0.15) is 5.82 Å². The molecule has 3 aromatic rings. The van der Waals surface area contributed by atoms with Gasteiger partial charge in [-0.25, -0.2) is 9.78 Å². The molecule has 0 saturated heterocycles. The van der Waals surface area contributed by atoms with E-state index in [1.165, 1.54) is 6.42 Å². The molecule has 1 aliphatic rings. The van der Waals surface area contributed by atoms with Crippen molar-refractivity contribution >= 4 is 48.0 Å². The Balaban J connectivity index is 0.00000256. The number of nitrogens with zero attached hydrogens (tertiary/aromatic N) is 2. The topological polar surface area (TPSA) is 55.1 Å². The number of aromatic carboxylic acids is 1. The fraction of sp³-hybridized carbons (Fsp3) is 0.304. The van der Waals surface area contributed by atoms with Crippen molar-refractivity contribution in [1.82, 2.24) is 9.55 Å². The average Bonchev–Trinajstić information content (AvgIpc) is 3.11. The van der Waals surface area contributed by atoms with Gasteiger partial charge in [0.25, 0.3) is 0 Å². The van der Waals surface area contributed by atoms with Gasteiger partial charge in [-0.3, -0.25) is 4.57 Å². The summed E-state index contributed by atoms with van der Waals surface area (Å²) in [6, 6.07) is 12.9. The molecule has 0 unspecified atom stereocenters. The Bertz CT molecular complexity index is 1080. The number of rotatable bonds is 4. The number of aryl methyl sites for hydroxylation is 1. The maximum absolute atomic E-state index is 12.2. The molecule has 1 N–H and O–H groups in total. The first kappa shape index (κ1) is 23.0. The van der Waals surface area contributed by atoms with E-state index in [2.05, 4.69) is 4.98 Å². The summed E-state index contributed by atoms with van der Waals surface area (Å²) >= 11 is 12.6. The van der Waals surface area contributed by atoms with E-state index in [9.17, 15) is 9.90 Å². The number of benzene rings is 2. The van der Waals surface area contributed by atoms with Crippen molar-refractivity contribution < 1.29 is 9.90 Å². The van der Waals surface area contributed by atoms with E-state index in [1.54, 1.807) is 12.1 Å². The Morgan fingerprint density at radius 2 is 1.77 bits per heavy atom. The molecule has 1 fully saturated rings. The molecule has 1 radical (unpaired) electrons. The molecule has 4 nitrogen and oxygen atoms in total. The van der Waals surface area contributed by atoms with Gasteiger partial charge in [-0.1, -0.05) is 60.7 Å². The average molecular weight is 436 g/mol. The fourth-order valence-electron chi connectivity index (χ4n) is 4.19. The summed E-state index contributed by atoms with van der Waals surface area (Å²) in [5.41, 5.74) is 3.18. The molecular weight excluding hydrogens is 414 g/mol. The first-order valence-corrected chi connectivity index (χ1v) is 10.6. The molecule has 7 heteroatoms. The number of aromatic nitrogens is 2. The Morgan fingerprint density at radius 3 is 2.43 bits per heavy atom. The second-order valence-corrected chi connectivity index (χ2v) is 8.46. The largest absolute Gasteiger partial charge is 0.476 e. The van der Waals surface area contributed by atoms with Crippen LogP contribution in [0.2, 0.25) is 10.0 Å². The summed E-state index contributed by atoms with van der Waals surface area (Å²) < 4.78 is 1.99. The van der Waals surface area contributed by atoms with Gasteiger partial charge in [-0.2, -0.15) is 0 Å². The molecule has 151 valence electrons. The number of imidazole rings is 1. The zero-order chi connectivity index (χ0) is 20.5. The molecule has 1 heterocycles. The van der Waals surface area contributed by atoms with Crippen LogP contribution in [0, 0.1) is 6.92 Å². The zero-order valence-corrected chi connectivity index (χ0v) is 18.7. The van der Waals surface area contributed by atoms with Crippen LogP contribution in [-0.4, -0.2) is 39.5 Å². The Morgan fingerprint density at radius 1 is 1.07 bits per heavy atom. The number of carboxylic acids is 1. The van der Waals surface area contributed by atoms with Crippen LogP contribution >= 0.6 is 23.2 Å². The quantitative estimate of drug-likeness (QED) is 0.474. The first-order chi connectivity index (χ1) is 14.0. The van der Waals surface area contributed by atoms with Crippen molar-refractivity contribution in [3.05, 3.63) is 69.6 Å². The number of carbonyl (C=O) groups is 1. The van der Waals surface area contributed by atoms with E-state index >= 15 is 0 Å². The molecule has 0 bridgehead atoms. The predicted octanol–water partition coefficient (Wildman–Crippen LogP) is 6.52. The maximum atomic E-state index is 12.2. The van der Waals surface area contributed by atoms with Crippen LogP contribution in [-0.2, 0) is 0 Å². The molecular formula is C23H22Cl2LiN2O2. The minimum absolute atomic E-state index is 0. The van der Waals surface area contributed by atoms with Gasteiger partial charge >= 0.3 is 5.97 Å². The second-order valence-electron chi connectivity index (χ2n) is 7.58. The van der Waals surface area contributed by atoms with E-state index in [1.807, 2.05) is 41.8 Å². The van der Waals surface area contributed by atoms with Gasteiger partial charge < -0.3 is 5.11 Å². The normalized spacial score (nSPS) is 14.4. The van der Waals surface area contributed by atoms with E-state index in [0.717, 1.165) is 48.3 Å². The van der Waals surface area contributed by atoms with Crippen molar-refractivity contribution in [2.24, 2.45) is 0 Å². The van der Waals surface area contributed by atoms with Crippen LogP contribution in [0.5, 0.6) is 0 Å². The van der Waals surface area contributed by atoms with Gasteiger partial charge in [0, 0.05) is 40.4 Å². The van der Waals surface area contributed by atoms with Crippen LogP contribution in [0.25, 0.3) is 16.9 Å². The van der Waals surface area contributed by atoms with Crippen molar-refractivity contribution in [2.45, 2.75) is 44.9 Å². The van der Waals surface area contributed by atoms with Crippen molar-refractivity contribution in [3.8, 4) is 16.9 Å². The van der Waals surface area contributed by atoms with Gasteiger partial charge in [0.2, 0.25) is 0 Å². The van der Waals surface area contributed by atoms with Crippen LogP contribution in [0.4, 0.5) is 0 Å². The molecule has 0 aliphatic heterocycles. The SMILES string of the molecule is Cc1ccc(Cl)cc1-n1c(C2CCCCC2)nc(C(=O)O)c1-c1cccc(Cl)c1.[Li]. The summed E-state index contributed by atoms with van der Waals surface area (Å²) in [4.78, 5) is 16.8. The van der Waals surface area contributed by atoms with Gasteiger partial charge in [-0.15, -0.1) is 0 Å². The molecule has 4 rings (SSSR count). The molecule has 0 atom stereocenters. The Labute approximate surface area is 198 Å². The maximum Gasteiger partial charge on any atom is 0.356 e. The minimum atomic E-state index is -1.05. The number of hydrogen-bond donors (Lipinski definition) is 1. The third-order valence-corrected chi connectivity index (χ3v) is 6.06. The van der Waals surface area contributed by atoms with E-state index < -0.39 is 5.97 Å². The van der Waals surface area contributed by atoms with Gasteiger partial charge in [0.15, 0.2) is 5.69 Å². The van der Waals surface area contributed by atoms with E-state index in [4.69, 9.17) is 23.2 Å². The standard InChI is InChI=1S/C23H22Cl2N2O2.Li/c1-14-10-11-18(25)13-19(14)27-21(16-8-5-9-17(24)12-16)20(23(28)29)26-22(27)15-6-3-2-4-7-15;/h5,8-13,15H,2-4,6-7H2,1H3,(H,28,29);. The summed E-state index contributed by atoms with van der Waals surface area (Å²) in [5.74, 6) is -0.0360. The van der Waals surface area contributed by atoms with Crippen LogP contribution in [0.15, 0.2) is 42.5 Å².